The lowest BCUT2D eigenvalue weighted by atomic mass is 10.2. The number of nitrogens with two attached hydrogens (primary N) is 1. The van der Waals surface area contributed by atoms with Gasteiger partial charge in [-0.15, -0.1) is 0 Å². The minimum Gasteiger partial charge on any atom is -0.369 e. The van der Waals surface area contributed by atoms with E-state index >= 15 is 0 Å². The Bertz CT molecular complexity index is 993. The number of aromatic nitrogens is 4. The first-order valence-electron chi connectivity index (χ1n) is 7.98. The van der Waals surface area contributed by atoms with Gasteiger partial charge in [0.25, 0.3) is 5.56 Å². The normalized spacial score (nSPS) is 32.9. The molecule has 2 aliphatic heterocycles. The van der Waals surface area contributed by atoms with E-state index in [2.05, 4.69) is 15.0 Å². The highest BCUT2D eigenvalue weighted by Gasteiger charge is 2.62. The summed E-state index contributed by atoms with van der Waals surface area (Å²) < 4.78 is 34.1. The van der Waals surface area contributed by atoms with Crippen molar-refractivity contribution in [1.82, 2.24) is 19.5 Å². The molecule has 0 bridgehead atoms. The summed E-state index contributed by atoms with van der Waals surface area (Å²) in [5.74, 6) is -0.103. The number of nitrogens with zero attached hydrogens (tertiary/aromatic N) is 3. The van der Waals surface area contributed by atoms with Gasteiger partial charge in [0.15, 0.2) is 21.7 Å². The average molecular weight is 440 g/mol. The van der Waals surface area contributed by atoms with Crippen molar-refractivity contribution < 1.29 is 22.9 Å². The second-order valence-corrected chi connectivity index (χ2v) is 9.42. The van der Waals surface area contributed by atoms with Crippen molar-refractivity contribution in [2.75, 3.05) is 12.3 Å². The Hall–Kier alpha value is -1.20. The van der Waals surface area contributed by atoms with Gasteiger partial charge in [0.05, 0.1) is 19.0 Å². The third-order valence-corrected chi connectivity index (χ3v) is 6.47. The highest BCUT2D eigenvalue weighted by Crippen LogP contribution is 2.61. The van der Waals surface area contributed by atoms with Crippen LogP contribution in [-0.4, -0.2) is 48.8 Å². The van der Waals surface area contributed by atoms with Gasteiger partial charge < -0.3 is 10.5 Å². The number of phosphoric acid groups is 1. The van der Waals surface area contributed by atoms with E-state index in [0.29, 0.717) is 0 Å². The van der Waals surface area contributed by atoms with E-state index in [4.69, 9.17) is 47.2 Å². The number of fused-ring (bicyclic) bond motifs is 2. The Morgan fingerprint density at radius 2 is 2.26 bits per heavy atom. The lowest BCUT2D eigenvalue weighted by Gasteiger charge is -2.33. The number of nitrogen functional groups attached to an aromatic ring is 1. The van der Waals surface area contributed by atoms with Crippen LogP contribution in [0, 0.1) is 0 Å². The van der Waals surface area contributed by atoms with Crippen LogP contribution in [0.15, 0.2) is 11.1 Å². The summed E-state index contributed by atoms with van der Waals surface area (Å²) in [6.45, 7) is 3.27. The Balaban J connectivity index is 1.71. The van der Waals surface area contributed by atoms with Gasteiger partial charge >= 0.3 is 7.82 Å². The maximum absolute atomic E-state index is 12.6. The molecule has 14 heteroatoms. The highest BCUT2D eigenvalue weighted by molar-refractivity contribution is 7.48. The van der Waals surface area contributed by atoms with Crippen LogP contribution in [0.1, 0.15) is 20.1 Å². The standard InChI is InChI=1S/C13H16Cl2N5O6P/c1-5(2)25-27(22)23-3-6-8(26-27)13(14,15)11(24-6)20-4-17-7-9(20)18-12(16)19-10(7)21/h4-6,8,11H,3H2,1-2H3,(H3,16,18,19,21)/t6-,8-,11-,27-/m1/s1. The van der Waals surface area contributed by atoms with E-state index in [-0.39, 0.29) is 23.7 Å². The third-order valence-electron chi connectivity index (χ3n) is 4.03. The largest absolute Gasteiger partial charge is 0.475 e. The smallest absolute Gasteiger partial charge is 0.369 e. The van der Waals surface area contributed by atoms with Crippen molar-refractivity contribution in [1.29, 1.82) is 0 Å². The molecule has 2 saturated heterocycles. The van der Waals surface area contributed by atoms with Crippen LogP contribution in [0.5, 0.6) is 0 Å². The zero-order valence-corrected chi connectivity index (χ0v) is 16.6. The fourth-order valence-electron chi connectivity index (χ4n) is 2.99. The first-order valence-corrected chi connectivity index (χ1v) is 10.2. The number of imidazole rings is 1. The van der Waals surface area contributed by atoms with Crippen LogP contribution in [0.4, 0.5) is 5.95 Å². The van der Waals surface area contributed by atoms with Crippen molar-refractivity contribution in [2.24, 2.45) is 0 Å². The molecule has 2 aromatic heterocycles. The van der Waals surface area contributed by atoms with Gasteiger partial charge in [-0.2, -0.15) is 4.98 Å². The molecule has 2 aliphatic rings. The van der Waals surface area contributed by atoms with Crippen molar-refractivity contribution in [3.63, 3.8) is 0 Å². The predicted molar refractivity (Wildman–Crippen MR) is 95.6 cm³/mol. The number of anilines is 1. The topological polar surface area (TPSA) is 144 Å². The van der Waals surface area contributed by atoms with Crippen LogP contribution < -0.4 is 11.3 Å². The summed E-state index contributed by atoms with van der Waals surface area (Å²) in [5.41, 5.74) is 5.26. The molecule has 11 nitrogen and oxygen atoms in total. The number of hydrogen-bond acceptors (Lipinski definition) is 9. The summed E-state index contributed by atoms with van der Waals surface area (Å²) in [7, 11) is -3.85. The fraction of sp³-hybridized carbons (Fsp3) is 0.615. The zero-order valence-electron chi connectivity index (χ0n) is 14.2. The number of halogens is 2. The molecule has 27 heavy (non-hydrogen) atoms. The number of phosphoric ester groups is 1. The van der Waals surface area contributed by atoms with Crippen LogP contribution in [-0.2, 0) is 22.9 Å². The van der Waals surface area contributed by atoms with E-state index in [0.717, 1.165) is 0 Å². The Morgan fingerprint density at radius 3 is 2.96 bits per heavy atom. The number of rotatable bonds is 3. The first kappa shape index (κ1) is 19.1. The van der Waals surface area contributed by atoms with Gasteiger partial charge in [0.2, 0.25) is 5.95 Å². The maximum atomic E-state index is 12.6. The van der Waals surface area contributed by atoms with Gasteiger partial charge in [-0.3, -0.25) is 27.9 Å². The second kappa shape index (κ2) is 6.41. The molecule has 2 fully saturated rings. The minimum atomic E-state index is -3.85. The van der Waals surface area contributed by atoms with Crippen molar-refractivity contribution in [3.05, 3.63) is 16.7 Å². The summed E-state index contributed by atoms with van der Waals surface area (Å²) in [6, 6.07) is 0. The Kier molecular flexibility index (Phi) is 4.54. The maximum Gasteiger partial charge on any atom is 0.475 e. The van der Waals surface area contributed by atoms with E-state index < -0.39 is 42.3 Å². The quantitative estimate of drug-likeness (QED) is 0.539. The molecule has 0 aliphatic carbocycles. The number of aromatic amines is 1. The molecule has 4 atom stereocenters. The Morgan fingerprint density at radius 1 is 1.52 bits per heavy atom. The summed E-state index contributed by atoms with van der Waals surface area (Å²) >= 11 is 13.1. The van der Waals surface area contributed by atoms with Crippen LogP contribution in [0.25, 0.3) is 11.2 Å². The summed E-state index contributed by atoms with van der Waals surface area (Å²) in [4.78, 5) is 22.4. The number of ether oxygens (including phenoxy) is 1. The zero-order chi connectivity index (χ0) is 19.6. The molecule has 148 valence electrons. The Labute approximate surface area is 162 Å². The number of hydrogen-bond donors (Lipinski definition) is 2. The van der Waals surface area contributed by atoms with Gasteiger partial charge in [-0.25, -0.2) is 9.55 Å². The van der Waals surface area contributed by atoms with E-state index in [1.165, 1.54) is 10.9 Å². The SMILES string of the molecule is CC(C)O[P@@]1(=O)OC[C@H]2O[C@@H](n3cnc4c(=O)[nH]c(N)nc43)C(Cl)(Cl)[C@@H]2O1. The molecular weight excluding hydrogens is 424 g/mol. The molecule has 0 unspecified atom stereocenters. The molecule has 0 aromatic carbocycles. The monoisotopic (exact) mass is 439 g/mol. The lowest BCUT2D eigenvalue weighted by Crippen LogP contribution is -2.42. The van der Waals surface area contributed by atoms with Gasteiger partial charge in [0.1, 0.15) is 12.2 Å². The van der Waals surface area contributed by atoms with E-state index in [1.54, 1.807) is 13.8 Å². The summed E-state index contributed by atoms with van der Waals surface area (Å²) in [6.07, 6.45) is -1.88. The average Bonchev–Trinajstić information content (AvgIpc) is 3.05. The summed E-state index contributed by atoms with van der Waals surface area (Å²) in [5, 5.41) is 0. The van der Waals surface area contributed by atoms with Crippen LogP contribution in [0.3, 0.4) is 0 Å². The predicted octanol–water partition coefficient (Wildman–Crippen LogP) is 1.72. The van der Waals surface area contributed by atoms with Crippen molar-refractivity contribution in [3.8, 4) is 0 Å². The molecule has 0 spiro atoms. The number of nitrogens with one attached hydrogen (secondary N) is 1. The molecule has 2 aromatic rings. The molecule has 3 N–H and O–H groups in total. The van der Waals surface area contributed by atoms with Crippen molar-refractivity contribution >= 4 is 48.1 Å². The van der Waals surface area contributed by atoms with Crippen LogP contribution >= 0.6 is 31.0 Å². The molecule has 4 heterocycles. The second-order valence-electron chi connectivity index (χ2n) is 6.40. The van der Waals surface area contributed by atoms with E-state index in [9.17, 15) is 9.36 Å². The molecular formula is C13H16Cl2N5O6P. The first-order chi connectivity index (χ1) is 12.6. The third kappa shape index (κ3) is 3.17. The number of alkyl halides is 2. The minimum absolute atomic E-state index is 0.0396. The number of H-pyrrole nitrogens is 1. The molecule has 0 amide bonds. The molecule has 0 saturated carbocycles. The van der Waals surface area contributed by atoms with Crippen LogP contribution in [0.2, 0.25) is 0 Å². The van der Waals surface area contributed by atoms with Gasteiger partial charge in [0, 0.05) is 0 Å². The molecule has 0 radical (unpaired) electrons. The van der Waals surface area contributed by atoms with E-state index in [1.807, 2.05) is 0 Å². The van der Waals surface area contributed by atoms with Gasteiger partial charge in [-0.1, -0.05) is 23.2 Å². The highest BCUT2D eigenvalue weighted by atomic mass is 35.5. The fourth-order valence-corrected chi connectivity index (χ4v) is 5.40. The molecule has 4 rings (SSSR count). The lowest BCUT2D eigenvalue weighted by molar-refractivity contribution is -0.0733. The van der Waals surface area contributed by atoms with Gasteiger partial charge in [-0.05, 0) is 13.8 Å². The van der Waals surface area contributed by atoms with Crippen molar-refractivity contribution in [2.45, 2.75) is 42.7 Å².